The van der Waals surface area contributed by atoms with Gasteiger partial charge in [0.25, 0.3) is 0 Å². The highest BCUT2D eigenvalue weighted by Crippen LogP contribution is 2.29. The molecule has 102 valence electrons. The molecule has 0 amide bonds. The summed E-state index contributed by atoms with van der Waals surface area (Å²) in [7, 11) is 3.17. The van der Waals surface area contributed by atoms with Gasteiger partial charge in [0.2, 0.25) is 0 Å². The van der Waals surface area contributed by atoms with Crippen LogP contribution in [0.15, 0.2) is 23.6 Å². The van der Waals surface area contributed by atoms with Crippen molar-refractivity contribution in [1.29, 1.82) is 5.26 Å². The molecular weight excluding hydrogens is 272 g/mol. The van der Waals surface area contributed by atoms with E-state index >= 15 is 0 Å². The minimum Gasteiger partial charge on any atom is -0.493 e. The van der Waals surface area contributed by atoms with Gasteiger partial charge < -0.3 is 9.47 Å². The van der Waals surface area contributed by atoms with Gasteiger partial charge in [0.15, 0.2) is 11.5 Å². The number of aryl methyl sites for hydroxylation is 1. The summed E-state index contributed by atoms with van der Waals surface area (Å²) in [6, 6.07) is 7.70. The molecule has 0 N–H and O–H groups in total. The van der Waals surface area contributed by atoms with Crippen molar-refractivity contribution in [2.75, 3.05) is 14.2 Å². The summed E-state index contributed by atoms with van der Waals surface area (Å²) in [5.41, 5.74) is 2.32. The lowest BCUT2D eigenvalue weighted by atomic mass is 10.1. The second kappa shape index (κ2) is 6.22. The first-order valence-electron chi connectivity index (χ1n) is 5.94. The molecule has 0 aliphatic heterocycles. The molecule has 5 heteroatoms. The predicted molar refractivity (Wildman–Crippen MR) is 79.9 cm³/mol. The highest BCUT2D eigenvalue weighted by molar-refractivity contribution is 7.11. The molecule has 1 heterocycles. The lowest BCUT2D eigenvalue weighted by Crippen LogP contribution is -1.90. The van der Waals surface area contributed by atoms with E-state index in [1.54, 1.807) is 20.3 Å². The first kappa shape index (κ1) is 14.1. The SMILES string of the molecule is COc1ccc(/C=C(/C#N)c2nc(C)cs2)cc1OC. The number of thiazole rings is 1. The van der Waals surface area contributed by atoms with E-state index in [9.17, 15) is 5.26 Å². The zero-order valence-electron chi connectivity index (χ0n) is 11.5. The van der Waals surface area contributed by atoms with Crippen molar-refractivity contribution in [3.63, 3.8) is 0 Å². The summed E-state index contributed by atoms with van der Waals surface area (Å²) < 4.78 is 10.4. The largest absolute Gasteiger partial charge is 0.493 e. The van der Waals surface area contributed by atoms with Crippen molar-refractivity contribution < 1.29 is 9.47 Å². The fourth-order valence-electron chi connectivity index (χ4n) is 1.73. The van der Waals surface area contributed by atoms with E-state index < -0.39 is 0 Å². The molecule has 0 unspecified atom stereocenters. The van der Waals surface area contributed by atoms with E-state index in [1.165, 1.54) is 11.3 Å². The number of nitrogens with zero attached hydrogens (tertiary/aromatic N) is 2. The van der Waals surface area contributed by atoms with Crippen molar-refractivity contribution in [2.45, 2.75) is 6.92 Å². The van der Waals surface area contributed by atoms with Gasteiger partial charge in [-0.3, -0.25) is 0 Å². The molecule has 0 atom stereocenters. The average Bonchev–Trinajstić information content (AvgIpc) is 2.90. The van der Waals surface area contributed by atoms with E-state index in [2.05, 4.69) is 11.1 Å². The first-order valence-corrected chi connectivity index (χ1v) is 6.82. The molecule has 0 fully saturated rings. The Morgan fingerprint density at radius 3 is 2.60 bits per heavy atom. The van der Waals surface area contributed by atoms with Crippen LogP contribution in [0.3, 0.4) is 0 Å². The number of allylic oxidation sites excluding steroid dienone is 1. The van der Waals surface area contributed by atoms with Gasteiger partial charge in [-0.25, -0.2) is 4.98 Å². The number of rotatable bonds is 4. The highest BCUT2D eigenvalue weighted by Gasteiger charge is 2.08. The molecule has 0 aliphatic carbocycles. The Labute approximate surface area is 121 Å². The van der Waals surface area contributed by atoms with Gasteiger partial charge in [-0.2, -0.15) is 5.26 Å². The van der Waals surface area contributed by atoms with Gasteiger partial charge in [-0.15, -0.1) is 11.3 Å². The van der Waals surface area contributed by atoms with E-state index in [4.69, 9.17) is 9.47 Å². The molecule has 2 aromatic rings. The molecular formula is C15H14N2O2S. The van der Waals surface area contributed by atoms with Crippen LogP contribution >= 0.6 is 11.3 Å². The molecule has 2 rings (SSSR count). The lowest BCUT2D eigenvalue weighted by molar-refractivity contribution is 0.355. The maximum Gasteiger partial charge on any atom is 0.161 e. The highest BCUT2D eigenvalue weighted by atomic mass is 32.1. The molecule has 1 aromatic carbocycles. The summed E-state index contributed by atoms with van der Waals surface area (Å²) >= 11 is 1.46. The number of benzene rings is 1. The van der Waals surface area contributed by atoms with Crippen LogP contribution in [-0.2, 0) is 0 Å². The average molecular weight is 286 g/mol. The maximum absolute atomic E-state index is 9.27. The summed E-state index contributed by atoms with van der Waals surface area (Å²) in [5.74, 6) is 1.29. The number of aromatic nitrogens is 1. The second-order valence-electron chi connectivity index (χ2n) is 4.08. The monoisotopic (exact) mass is 286 g/mol. The van der Waals surface area contributed by atoms with E-state index in [-0.39, 0.29) is 0 Å². The molecule has 0 radical (unpaired) electrons. The summed E-state index contributed by atoms with van der Waals surface area (Å²) in [6.07, 6.45) is 1.79. The standard InChI is InChI=1S/C15H14N2O2S/c1-10-9-20-15(17-10)12(8-16)6-11-4-5-13(18-2)14(7-11)19-3/h4-7,9H,1-3H3/b12-6-. The van der Waals surface area contributed by atoms with Crippen LogP contribution in [0.1, 0.15) is 16.3 Å². The lowest BCUT2D eigenvalue weighted by Gasteiger charge is -2.07. The van der Waals surface area contributed by atoms with Gasteiger partial charge in [0, 0.05) is 11.1 Å². The fourth-order valence-corrected chi connectivity index (χ4v) is 2.49. The van der Waals surface area contributed by atoms with Crippen molar-refractivity contribution >= 4 is 23.0 Å². The molecule has 0 saturated heterocycles. The van der Waals surface area contributed by atoms with Gasteiger partial charge in [0.1, 0.15) is 11.1 Å². The Morgan fingerprint density at radius 1 is 1.30 bits per heavy atom. The number of hydrogen-bond acceptors (Lipinski definition) is 5. The van der Waals surface area contributed by atoms with Crippen LogP contribution in [0.5, 0.6) is 11.5 Å². The summed E-state index contributed by atoms with van der Waals surface area (Å²) in [6.45, 7) is 1.91. The minimum atomic E-state index is 0.537. The number of nitriles is 1. The van der Waals surface area contributed by atoms with Gasteiger partial charge in [0.05, 0.1) is 19.8 Å². The van der Waals surface area contributed by atoms with Gasteiger partial charge >= 0.3 is 0 Å². The van der Waals surface area contributed by atoms with E-state index in [0.717, 1.165) is 16.3 Å². The van der Waals surface area contributed by atoms with E-state index in [1.807, 2.05) is 30.5 Å². The van der Waals surface area contributed by atoms with Crippen LogP contribution in [0, 0.1) is 18.3 Å². The predicted octanol–water partition coefficient (Wildman–Crippen LogP) is 3.53. The molecule has 0 bridgehead atoms. The Bertz CT molecular complexity index is 683. The Balaban J connectivity index is 2.40. The quantitative estimate of drug-likeness (QED) is 0.807. The van der Waals surface area contributed by atoms with Crippen LogP contribution in [0.2, 0.25) is 0 Å². The smallest absolute Gasteiger partial charge is 0.161 e. The van der Waals surface area contributed by atoms with Crippen molar-refractivity contribution in [3.05, 3.63) is 39.8 Å². The van der Waals surface area contributed by atoms with Crippen molar-refractivity contribution in [2.24, 2.45) is 0 Å². The zero-order chi connectivity index (χ0) is 14.5. The number of hydrogen-bond donors (Lipinski definition) is 0. The van der Waals surface area contributed by atoms with Gasteiger partial charge in [-0.05, 0) is 30.7 Å². The van der Waals surface area contributed by atoms with Gasteiger partial charge in [-0.1, -0.05) is 6.07 Å². The molecule has 0 aliphatic rings. The Kier molecular flexibility index (Phi) is 4.38. The number of ether oxygens (including phenoxy) is 2. The van der Waals surface area contributed by atoms with Crippen LogP contribution < -0.4 is 9.47 Å². The van der Waals surface area contributed by atoms with E-state index in [0.29, 0.717) is 17.1 Å². The Hall–Kier alpha value is -2.32. The normalized spacial score (nSPS) is 11.0. The minimum absolute atomic E-state index is 0.537. The van der Waals surface area contributed by atoms with Crippen LogP contribution in [0.25, 0.3) is 11.6 Å². The third kappa shape index (κ3) is 2.98. The maximum atomic E-state index is 9.27. The summed E-state index contributed by atoms with van der Waals surface area (Å²) in [4.78, 5) is 4.33. The third-order valence-corrected chi connectivity index (χ3v) is 3.68. The molecule has 0 saturated carbocycles. The molecule has 1 aromatic heterocycles. The van der Waals surface area contributed by atoms with Crippen LogP contribution in [0.4, 0.5) is 0 Å². The van der Waals surface area contributed by atoms with Crippen molar-refractivity contribution in [3.8, 4) is 17.6 Å². The number of methoxy groups -OCH3 is 2. The topological polar surface area (TPSA) is 55.1 Å². The molecule has 20 heavy (non-hydrogen) atoms. The first-order chi connectivity index (χ1) is 9.67. The fraction of sp³-hybridized carbons (Fsp3) is 0.200. The Morgan fingerprint density at radius 2 is 2.05 bits per heavy atom. The summed E-state index contributed by atoms with van der Waals surface area (Å²) in [5, 5.41) is 11.9. The second-order valence-corrected chi connectivity index (χ2v) is 4.94. The zero-order valence-corrected chi connectivity index (χ0v) is 12.3. The third-order valence-electron chi connectivity index (χ3n) is 2.69. The van der Waals surface area contributed by atoms with Crippen molar-refractivity contribution in [1.82, 2.24) is 4.98 Å². The molecule has 0 spiro atoms. The molecule has 4 nitrogen and oxygen atoms in total. The van der Waals surface area contributed by atoms with Crippen LogP contribution in [-0.4, -0.2) is 19.2 Å².